The molecular weight excluding hydrogens is 456 g/mol. The smallest absolute Gasteiger partial charge is 0.142 e. The Morgan fingerprint density at radius 2 is 1.51 bits per heavy atom. The molecule has 0 amide bonds. The third-order valence-corrected chi connectivity index (χ3v) is 6.46. The van der Waals surface area contributed by atoms with Crippen molar-refractivity contribution in [3.63, 3.8) is 0 Å². The Hall–Kier alpha value is -4.01. The topological polar surface area (TPSA) is 76.9 Å². The predicted molar refractivity (Wildman–Crippen MR) is 137 cm³/mol. The molecule has 0 aliphatic rings. The number of hydrogen-bond donors (Lipinski definition) is 0. The molecule has 174 valence electrons. The number of rotatable bonds is 9. The molecule has 35 heavy (non-hydrogen) atoms. The van der Waals surface area contributed by atoms with Gasteiger partial charge in [0.25, 0.3) is 0 Å². The van der Waals surface area contributed by atoms with Crippen LogP contribution in [0.5, 0.6) is 5.75 Å². The van der Waals surface area contributed by atoms with Crippen molar-refractivity contribution in [2.45, 2.75) is 19.6 Å². The summed E-state index contributed by atoms with van der Waals surface area (Å²) in [5.74, 6) is 1.60. The van der Waals surface area contributed by atoms with Crippen LogP contribution in [0.25, 0.3) is 21.1 Å². The van der Waals surface area contributed by atoms with Gasteiger partial charge in [-0.25, -0.2) is 19.9 Å². The SMILES string of the molecule is COc1ccc(-c2cnc(-c3cccc(CN(Cc4ccccn4)Cc4ncccn4)n3)s2)cc1. The molecule has 0 radical (unpaired) electrons. The largest absolute Gasteiger partial charge is 0.497 e. The lowest BCUT2D eigenvalue weighted by atomic mass is 10.2. The number of benzene rings is 1. The summed E-state index contributed by atoms with van der Waals surface area (Å²) in [7, 11) is 1.67. The minimum absolute atomic E-state index is 0.599. The van der Waals surface area contributed by atoms with E-state index in [-0.39, 0.29) is 0 Å². The number of nitrogens with zero attached hydrogens (tertiary/aromatic N) is 6. The van der Waals surface area contributed by atoms with Gasteiger partial charge in [-0.2, -0.15) is 0 Å². The van der Waals surface area contributed by atoms with Crippen LogP contribution in [0.3, 0.4) is 0 Å². The van der Waals surface area contributed by atoms with Crippen LogP contribution in [0.2, 0.25) is 0 Å². The highest BCUT2D eigenvalue weighted by Crippen LogP contribution is 2.32. The molecule has 1 aromatic carbocycles. The van der Waals surface area contributed by atoms with Gasteiger partial charge in [-0.05, 0) is 60.2 Å². The monoisotopic (exact) mass is 480 g/mol. The van der Waals surface area contributed by atoms with Gasteiger partial charge in [0.2, 0.25) is 0 Å². The van der Waals surface area contributed by atoms with Crippen molar-refractivity contribution in [1.29, 1.82) is 0 Å². The van der Waals surface area contributed by atoms with Crippen LogP contribution in [-0.4, -0.2) is 36.9 Å². The molecule has 0 bridgehead atoms. The fourth-order valence-electron chi connectivity index (χ4n) is 3.70. The molecule has 0 saturated heterocycles. The molecule has 0 N–H and O–H groups in total. The van der Waals surface area contributed by atoms with Gasteiger partial charge in [0.1, 0.15) is 16.6 Å². The van der Waals surface area contributed by atoms with Crippen molar-refractivity contribution in [3.8, 4) is 26.9 Å². The van der Waals surface area contributed by atoms with Crippen LogP contribution < -0.4 is 4.74 Å². The van der Waals surface area contributed by atoms with Crippen molar-refractivity contribution < 1.29 is 4.74 Å². The van der Waals surface area contributed by atoms with E-state index in [0.717, 1.165) is 44.1 Å². The average molecular weight is 481 g/mol. The summed E-state index contributed by atoms with van der Waals surface area (Å²) in [6, 6.07) is 21.9. The third kappa shape index (κ3) is 5.92. The maximum absolute atomic E-state index is 5.26. The molecule has 8 heteroatoms. The fourth-order valence-corrected chi connectivity index (χ4v) is 4.59. The van der Waals surface area contributed by atoms with Gasteiger partial charge in [-0.15, -0.1) is 11.3 Å². The van der Waals surface area contributed by atoms with Crippen molar-refractivity contribution in [3.05, 3.63) is 109 Å². The molecular formula is C27H24N6OS. The average Bonchev–Trinajstić information content (AvgIpc) is 3.41. The maximum atomic E-state index is 5.26. The Kier molecular flexibility index (Phi) is 7.12. The molecule has 0 unspecified atom stereocenters. The normalized spacial score (nSPS) is 11.0. The number of aromatic nitrogens is 5. The number of thiazole rings is 1. The zero-order chi connectivity index (χ0) is 23.9. The highest BCUT2D eigenvalue weighted by molar-refractivity contribution is 7.18. The second kappa shape index (κ2) is 10.9. The molecule has 0 atom stereocenters. The number of methoxy groups -OCH3 is 1. The summed E-state index contributed by atoms with van der Waals surface area (Å²) < 4.78 is 5.26. The Labute approximate surface area is 208 Å². The third-order valence-electron chi connectivity index (χ3n) is 5.39. The maximum Gasteiger partial charge on any atom is 0.142 e. The van der Waals surface area contributed by atoms with E-state index in [2.05, 4.69) is 24.8 Å². The molecule has 4 heterocycles. The van der Waals surface area contributed by atoms with Crippen LogP contribution in [0.1, 0.15) is 17.2 Å². The lowest BCUT2D eigenvalue weighted by Crippen LogP contribution is -2.24. The first-order valence-corrected chi connectivity index (χ1v) is 12.0. The van der Waals surface area contributed by atoms with E-state index in [4.69, 9.17) is 9.72 Å². The van der Waals surface area contributed by atoms with Gasteiger partial charge in [-0.1, -0.05) is 12.1 Å². The zero-order valence-corrected chi connectivity index (χ0v) is 20.1. The Morgan fingerprint density at radius 1 is 0.743 bits per heavy atom. The molecule has 4 aromatic heterocycles. The second-order valence-corrected chi connectivity index (χ2v) is 8.93. The van der Waals surface area contributed by atoms with E-state index < -0.39 is 0 Å². The molecule has 0 saturated carbocycles. The number of hydrogen-bond acceptors (Lipinski definition) is 8. The second-order valence-electron chi connectivity index (χ2n) is 7.90. The van der Waals surface area contributed by atoms with Crippen LogP contribution in [-0.2, 0) is 19.6 Å². The van der Waals surface area contributed by atoms with Gasteiger partial charge >= 0.3 is 0 Å². The lowest BCUT2D eigenvalue weighted by molar-refractivity contribution is 0.235. The molecule has 0 aliphatic heterocycles. The highest BCUT2D eigenvalue weighted by atomic mass is 32.1. The van der Waals surface area contributed by atoms with Crippen molar-refractivity contribution in [2.75, 3.05) is 7.11 Å². The van der Waals surface area contributed by atoms with E-state index in [1.165, 1.54) is 0 Å². The van der Waals surface area contributed by atoms with Gasteiger partial charge < -0.3 is 4.74 Å². The summed E-state index contributed by atoms with van der Waals surface area (Å²) in [5.41, 5.74) is 3.91. The summed E-state index contributed by atoms with van der Waals surface area (Å²) in [6.45, 7) is 1.91. The Bertz CT molecular complexity index is 1320. The number of ether oxygens (including phenoxy) is 1. The summed E-state index contributed by atoms with van der Waals surface area (Å²) >= 11 is 1.63. The highest BCUT2D eigenvalue weighted by Gasteiger charge is 2.13. The summed E-state index contributed by atoms with van der Waals surface area (Å²) in [4.78, 5) is 26.2. The Balaban J connectivity index is 1.36. The van der Waals surface area contributed by atoms with Crippen LogP contribution in [0.4, 0.5) is 0 Å². The quantitative estimate of drug-likeness (QED) is 0.284. The zero-order valence-electron chi connectivity index (χ0n) is 19.3. The molecule has 7 nitrogen and oxygen atoms in total. The molecule has 5 aromatic rings. The van der Waals surface area contributed by atoms with Crippen molar-refractivity contribution in [1.82, 2.24) is 29.8 Å². The summed E-state index contributed by atoms with van der Waals surface area (Å²) in [6.07, 6.45) is 7.25. The van der Waals surface area contributed by atoms with Crippen LogP contribution >= 0.6 is 11.3 Å². The van der Waals surface area contributed by atoms with E-state index >= 15 is 0 Å². The van der Waals surface area contributed by atoms with Crippen molar-refractivity contribution in [2.24, 2.45) is 0 Å². The Morgan fingerprint density at radius 3 is 2.29 bits per heavy atom. The van der Waals surface area contributed by atoms with E-state index in [0.29, 0.717) is 19.6 Å². The first-order chi connectivity index (χ1) is 17.3. The van der Waals surface area contributed by atoms with E-state index in [1.54, 1.807) is 30.8 Å². The van der Waals surface area contributed by atoms with Gasteiger partial charge in [0, 0.05) is 37.9 Å². The minimum Gasteiger partial charge on any atom is -0.497 e. The van der Waals surface area contributed by atoms with Crippen molar-refractivity contribution >= 4 is 11.3 Å². The predicted octanol–water partition coefficient (Wildman–Crippen LogP) is 5.27. The standard InChI is InChI=1S/C27H24N6OS/c1-34-23-11-9-20(10-12-23)25-16-31-27(35-25)24-8-4-7-22(32-24)18-33(17-21-6-2-3-13-28-21)19-26-29-14-5-15-30-26/h2-16H,17-19H2,1H3. The minimum atomic E-state index is 0.599. The first kappa shape index (κ1) is 22.8. The van der Waals surface area contributed by atoms with Gasteiger partial charge in [0.15, 0.2) is 0 Å². The fraction of sp³-hybridized carbons (Fsp3) is 0.148. The van der Waals surface area contributed by atoms with Gasteiger partial charge in [0.05, 0.1) is 35.6 Å². The number of pyridine rings is 2. The molecule has 0 aliphatic carbocycles. The van der Waals surface area contributed by atoms with E-state index in [1.807, 2.05) is 79.1 Å². The van der Waals surface area contributed by atoms with Gasteiger partial charge in [-0.3, -0.25) is 9.88 Å². The van der Waals surface area contributed by atoms with Crippen LogP contribution in [0.15, 0.2) is 91.5 Å². The molecule has 0 fully saturated rings. The first-order valence-electron chi connectivity index (χ1n) is 11.2. The molecule has 5 rings (SSSR count). The molecule has 0 spiro atoms. The summed E-state index contributed by atoms with van der Waals surface area (Å²) in [5, 5.41) is 0.889. The van der Waals surface area contributed by atoms with E-state index in [9.17, 15) is 0 Å². The lowest BCUT2D eigenvalue weighted by Gasteiger charge is -2.21. The van der Waals surface area contributed by atoms with Crippen LogP contribution in [0, 0.1) is 0 Å².